The van der Waals surface area contributed by atoms with Crippen LogP contribution in [0.2, 0.25) is 0 Å². The van der Waals surface area contributed by atoms with Crippen LogP contribution in [0.3, 0.4) is 0 Å². The highest BCUT2D eigenvalue weighted by Gasteiger charge is 2.31. The summed E-state index contributed by atoms with van der Waals surface area (Å²) in [5, 5.41) is 16.7. The lowest BCUT2D eigenvalue weighted by atomic mass is 10.2. The quantitative estimate of drug-likeness (QED) is 0.657. The number of carboxylic acids is 2. The maximum atomic E-state index is 10.3. The van der Waals surface area contributed by atoms with E-state index < -0.39 is 22.9 Å². The monoisotopic (exact) mass is 226 g/mol. The number of rotatable bonds is 4. The molecule has 0 fully saturated rings. The molecule has 11 heavy (non-hydrogen) atoms. The number of ether oxygens (including phenoxy) is 1. The molecule has 2 atom stereocenters. The van der Waals surface area contributed by atoms with Gasteiger partial charge >= 0.3 is 11.9 Å². The number of aliphatic carboxylic acids is 2. The van der Waals surface area contributed by atoms with Gasteiger partial charge in [-0.3, -0.25) is 4.79 Å². The van der Waals surface area contributed by atoms with Crippen LogP contribution in [0.1, 0.15) is 0 Å². The van der Waals surface area contributed by atoms with Gasteiger partial charge in [0.25, 0.3) is 0 Å². The van der Waals surface area contributed by atoms with Crippen molar-refractivity contribution in [1.29, 1.82) is 0 Å². The van der Waals surface area contributed by atoms with E-state index in [1.54, 1.807) is 0 Å². The topological polar surface area (TPSA) is 83.8 Å². The van der Waals surface area contributed by atoms with Gasteiger partial charge in [-0.15, -0.1) is 0 Å². The van der Waals surface area contributed by atoms with Crippen LogP contribution in [0, 0.1) is 0 Å². The second-order valence-electron chi connectivity index (χ2n) is 1.73. The summed E-state index contributed by atoms with van der Waals surface area (Å²) in [5.74, 6) is -2.57. The van der Waals surface area contributed by atoms with E-state index in [9.17, 15) is 9.59 Å². The first-order valence-corrected chi connectivity index (χ1v) is 3.54. The fourth-order valence-electron chi connectivity index (χ4n) is 0.475. The molecule has 2 N–H and O–H groups in total. The Morgan fingerprint density at radius 2 is 1.82 bits per heavy atom. The molecule has 0 spiro atoms. The molecule has 0 aliphatic rings. The third-order valence-electron chi connectivity index (χ3n) is 0.999. The molecule has 0 rings (SSSR count). The maximum absolute atomic E-state index is 10.3. The third-order valence-corrected chi connectivity index (χ3v) is 1.87. The number of alkyl halides is 1. The summed E-state index contributed by atoms with van der Waals surface area (Å²) in [6, 6.07) is 0. The van der Waals surface area contributed by atoms with Gasteiger partial charge in [0.15, 0.2) is 6.10 Å². The van der Waals surface area contributed by atoms with Crippen molar-refractivity contribution in [2.45, 2.75) is 10.9 Å². The number of halogens is 1. The van der Waals surface area contributed by atoms with E-state index in [1.165, 1.54) is 0 Å². The minimum absolute atomic E-state index is 1.13. The molecule has 0 aromatic carbocycles. The van der Waals surface area contributed by atoms with Crippen molar-refractivity contribution in [2.75, 3.05) is 7.11 Å². The van der Waals surface area contributed by atoms with E-state index in [4.69, 9.17) is 10.2 Å². The highest BCUT2D eigenvalue weighted by molar-refractivity contribution is 9.10. The molecule has 0 heterocycles. The lowest BCUT2D eigenvalue weighted by molar-refractivity contribution is -0.153. The summed E-state index contributed by atoms with van der Waals surface area (Å²) in [6.07, 6.45) is -1.35. The molecule has 0 bridgehead atoms. The summed E-state index contributed by atoms with van der Waals surface area (Å²) in [4.78, 5) is 19.3. The Bertz CT molecular complexity index is 168. The molecule has 0 unspecified atom stereocenters. The molecule has 0 amide bonds. The minimum atomic E-state index is -1.35. The van der Waals surface area contributed by atoms with Crippen LogP contribution < -0.4 is 0 Å². The second kappa shape index (κ2) is 4.30. The van der Waals surface area contributed by atoms with Crippen LogP contribution in [0.15, 0.2) is 0 Å². The molecular weight excluding hydrogens is 220 g/mol. The van der Waals surface area contributed by atoms with Crippen LogP contribution in [0.25, 0.3) is 0 Å². The van der Waals surface area contributed by atoms with Gasteiger partial charge in [-0.25, -0.2) is 4.79 Å². The van der Waals surface area contributed by atoms with Crippen molar-refractivity contribution in [3.8, 4) is 0 Å². The van der Waals surface area contributed by atoms with Crippen LogP contribution in [0.4, 0.5) is 0 Å². The average Bonchev–Trinajstić information content (AvgIpc) is 1.88. The Morgan fingerprint density at radius 3 is 1.91 bits per heavy atom. The molecule has 0 aromatic rings. The Hall–Kier alpha value is -0.620. The van der Waals surface area contributed by atoms with E-state index in [0.717, 1.165) is 7.11 Å². The van der Waals surface area contributed by atoms with Crippen LogP contribution >= 0.6 is 15.9 Å². The molecule has 0 aliphatic heterocycles. The van der Waals surface area contributed by atoms with Crippen molar-refractivity contribution in [2.24, 2.45) is 0 Å². The van der Waals surface area contributed by atoms with Crippen molar-refractivity contribution in [3.63, 3.8) is 0 Å². The number of carbonyl (C=O) groups is 2. The van der Waals surface area contributed by atoms with Gasteiger partial charge in [-0.2, -0.15) is 0 Å². The molecule has 0 radical (unpaired) electrons. The van der Waals surface area contributed by atoms with Gasteiger partial charge in [0.2, 0.25) is 0 Å². The van der Waals surface area contributed by atoms with Crippen molar-refractivity contribution < 1.29 is 24.5 Å². The number of methoxy groups -OCH3 is 1. The smallest absolute Gasteiger partial charge is 0.334 e. The molecule has 0 saturated heterocycles. The first-order valence-electron chi connectivity index (χ1n) is 2.63. The fraction of sp³-hybridized carbons (Fsp3) is 0.600. The molecule has 64 valence electrons. The Balaban J connectivity index is 4.25. The first-order chi connectivity index (χ1) is 5.00. The maximum Gasteiger partial charge on any atom is 0.334 e. The third kappa shape index (κ3) is 2.85. The Morgan fingerprint density at radius 1 is 1.36 bits per heavy atom. The average molecular weight is 227 g/mol. The van der Waals surface area contributed by atoms with E-state index in [-0.39, 0.29) is 0 Å². The second-order valence-corrected chi connectivity index (χ2v) is 2.72. The first kappa shape index (κ1) is 10.4. The number of hydrogen-bond acceptors (Lipinski definition) is 3. The molecule has 5 nitrogen and oxygen atoms in total. The van der Waals surface area contributed by atoms with Gasteiger partial charge in [-0.1, -0.05) is 15.9 Å². The van der Waals surface area contributed by atoms with Gasteiger partial charge in [0, 0.05) is 7.11 Å². The van der Waals surface area contributed by atoms with Gasteiger partial charge in [-0.05, 0) is 0 Å². The fourth-order valence-corrected chi connectivity index (χ4v) is 0.917. The molecule has 6 heteroatoms. The summed E-state index contributed by atoms with van der Waals surface area (Å²) < 4.78 is 4.41. The lowest BCUT2D eigenvalue weighted by Gasteiger charge is -2.12. The SMILES string of the molecule is CO[C@@H](C(=O)O)[C@H](Br)C(=O)O. The van der Waals surface area contributed by atoms with Crippen LogP contribution in [-0.2, 0) is 14.3 Å². The zero-order valence-corrected chi connectivity index (χ0v) is 7.24. The Kier molecular flexibility index (Phi) is 4.06. The molecular formula is C5H7BrO5. The van der Waals surface area contributed by atoms with E-state index in [2.05, 4.69) is 20.7 Å². The van der Waals surface area contributed by atoms with Crippen molar-refractivity contribution in [1.82, 2.24) is 0 Å². The van der Waals surface area contributed by atoms with Crippen LogP contribution in [-0.4, -0.2) is 40.2 Å². The minimum Gasteiger partial charge on any atom is -0.480 e. The van der Waals surface area contributed by atoms with Crippen molar-refractivity contribution >= 4 is 27.9 Å². The molecule has 0 aliphatic carbocycles. The predicted molar refractivity (Wildman–Crippen MR) is 38.8 cm³/mol. The largest absolute Gasteiger partial charge is 0.480 e. The normalized spacial score (nSPS) is 15.5. The summed E-state index contributed by atoms with van der Waals surface area (Å²) in [7, 11) is 1.13. The molecule has 0 aromatic heterocycles. The van der Waals surface area contributed by atoms with Gasteiger partial charge in [0.1, 0.15) is 4.83 Å². The van der Waals surface area contributed by atoms with E-state index in [1.807, 2.05) is 0 Å². The lowest BCUT2D eigenvalue weighted by Crippen LogP contribution is -2.36. The standard InChI is InChI=1S/C5H7BrO5/c1-11-3(5(9)10)2(6)4(7)8/h2-3H,1H3,(H,7,8)(H,9,10)/t2-,3+/m0/s1. The van der Waals surface area contributed by atoms with Gasteiger partial charge < -0.3 is 14.9 Å². The Labute approximate surface area is 71.1 Å². The van der Waals surface area contributed by atoms with E-state index >= 15 is 0 Å². The number of carboxylic acid groups (broad SMARTS) is 2. The zero-order chi connectivity index (χ0) is 9.02. The predicted octanol–water partition coefficient (Wildman–Crippen LogP) is -0.0659. The summed E-state index contributed by atoms with van der Waals surface area (Å²) >= 11 is 2.66. The van der Waals surface area contributed by atoms with Gasteiger partial charge in [0.05, 0.1) is 0 Å². The number of hydrogen-bond donors (Lipinski definition) is 2. The van der Waals surface area contributed by atoms with E-state index in [0.29, 0.717) is 0 Å². The highest BCUT2D eigenvalue weighted by Crippen LogP contribution is 2.09. The van der Waals surface area contributed by atoms with Crippen LogP contribution in [0.5, 0.6) is 0 Å². The summed E-state index contributed by atoms with van der Waals surface area (Å²) in [6.45, 7) is 0. The molecule has 0 saturated carbocycles. The summed E-state index contributed by atoms with van der Waals surface area (Å²) in [5.41, 5.74) is 0. The van der Waals surface area contributed by atoms with Crippen molar-refractivity contribution in [3.05, 3.63) is 0 Å². The zero-order valence-electron chi connectivity index (χ0n) is 5.65. The highest BCUT2D eigenvalue weighted by atomic mass is 79.9.